The van der Waals surface area contributed by atoms with Crippen LogP contribution in [0.15, 0.2) is 42.6 Å². The number of hydrogen-bond acceptors (Lipinski definition) is 1. The molecule has 2 N–H and O–H groups in total. The highest BCUT2D eigenvalue weighted by atomic mass is 19.1. The van der Waals surface area contributed by atoms with Gasteiger partial charge in [0.15, 0.2) is 0 Å². The summed E-state index contributed by atoms with van der Waals surface area (Å²) in [6, 6.07) is 10.2. The topological polar surface area (TPSA) is 44.9 Å². The molecule has 0 aliphatic carbocycles. The Morgan fingerprint density at radius 1 is 1.10 bits per heavy atom. The molecule has 1 aromatic heterocycles. The van der Waals surface area contributed by atoms with Crippen LogP contribution in [0.5, 0.6) is 0 Å². The zero-order chi connectivity index (χ0) is 15.0. The minimum absolute atomic E-state index is 0.210. The number of carbonyl (C=O) groups excluding carboxylic acids is 1. The van der Waals surface area contributed by atoms with Crippen molar-refractivity contribution in [1.29, 1.82) is 0 Å². The summed E-state index contributed by atoms with van der Waals surface area (Å²) in [5.74, 6) is -0.538. The minimum Gasteiger partial charge on any atom is -0.360 e. The number of anilines is 1. The number of halogens is 1. The molecule has 3 nitrogen and oxygen atoms in total. The molecular weight excluding hydrogens is 267 g/mol. The first-order valence-electron chi connectivity index (χ1n) is 6.69. The Kier molecular flexibility index (Phi) is 3.22. The van der Waals surface area contributed by atoms with Crippen molar-refractivity contribution >= 4 is 22.5 Å². The smallest absolute Gasteiger partial charge is 0.257 e. The number of aromatic amines is 1. The van der Waals surface area contributed by atoms with E-state index in [0.29, 0.717) is 16.5 Å². The molecule has 106 valence electrons. The Labute approximate surface area is 121 Å². The molecule has 0 saturated carbocycles. The van der Waals surface area contributed by atoms with Crippen molar-refractivity contribution in [3.63, 3.8) is 0 Å². The molecule has 0 bridgehead atoms. The Morgan fingerprint density at radius 2 is 1.81 bits per heavy atom. The van der Waals surface area contributed by atoms with Gasteiger partial charge in [-0.1, -0.05) is 6.07 Å². The summed E-state index contributed by atoms with van der Waals surface area (Å²) in [5.41, 5.74) is 4.05. The van der Waals surface area contributed by atoms with Gasteiger partial charge >= 0.3 is 0 Å². The predicted molar refractivity (Wildman–Crippen MR) is 82.1 cm³/mol. The van der Waals surface area contributed by atoms with Crippen LogP contribution < -0.4 is 5.32 Å². The van der Waals surface area contributed by atoms with E-state index in [9.17, 15) is 9.18 Å². The molecule has 21 heavy (non-hydrogen) atoms. The highest BCUT2D eigenvalue weighted by Gasteiger charge is 2.12. The van der Waals surface area contributed by atoms with E-state index in [-0.39, 0.29) is 11.7 Å². The van der Waals surface area contributed by atoms with Crippen LogP contribution in [0.2, 0.25) is 0 Å². The quantitative estimate of drug-likeness (QED) is 0.727. The molecule has 1 heterocycles. The molecule has 2 aromatic carbocycles. The normalized spacial score (nSPS) is 10.8. The summed E-state index contributed by atoms with van der Waals surface area (Å²) in [6.45, 7) is 3.97. The molecule has 0 aliphatic heterocycles. The number of amides is 1. The molecule has 0 saturated heterocycles. The average Bonchev–Trinajstić information content (AvgIpc) is 2.80. The van der Waals surface area contributed by atoms with Gasteiger partial charge in [0, 0.05) is 22.8 Å². The van der Waals surface area contributed by atoms with E-state index in [0.717, 1.165) is 16.8 Å². The first-order chi connectivity index (χ1) is 10.0. The first kappa shape index (κ1) is 13.4. The lowest BCUT2D eigenvalue weighted by atomic mass is 10.1. The second kappa shape index (κ2) is 5.05. The number of carbonyl (C=O) groups is 1. The minimum atomic E-state index is -0.328. The fourth-order valence-corrected chi connectivity index (χ4v) is 2.53. The van der Waals surface area contributed by atoms with Crippen molar-refractivity contribution in [3.05, 3.63) is 65.1 Å². The number of H-pyrrole nitrogens is 1. The molecule has 0 aliphatic rings. The molecule has 0 unspecified atom stereocenters. The lowest BCUT2D eigenvalue weighted by Crippen LogP contribution is -2.11. The van der Waals surface area contributed by atoms with Gasteiger partial charge in [-0.05, 0) is 55.3 Å². The van der Waals surface area contributed by atoms with Crippen LogP contribution in [-0.2, 0) is 0 Å². The van der Waals surface area contributed by atoms with E-state index in [1.807, 2.05) is 32.0 Å². The highest BCUT2D eigenvalue weighted by Crippen LogP contribution is 2.21. The summed E-state index contributed by atoms with van der Waals surface area (Å²) in [4.78, 5) is 15.3. The van der Waals surface area contributed by atoms with Crippen LogP contribution >= 0.6 is 0 Å². The van der Waals surface area contributed by atoms with E-state index < -0.39 is 0 Å². The monoisotopic (exact) mass is 282 g/mol. The van der Waals surface area contributed by atoms with Gasteiger partial charge in [0.2, 0.25) is 0 Å². The van der Waals surface area contributed by atoms with Crippen LogP contribution in [0.3, 0.4) is 0 Å². The Hall–Kier alpha value is -2.62. The molecule has 0 spiro atoms. The van der Waals surface area contributed by atoms with Gasteiger partial charge in [-0.15, -0.1) is 0 Å². The van der Waals surface area contributed by atoms with Crippen LogP contribution in [0.1, 0.15) is 21.5 Å². The maximum absolute atomic E-state index is 13.2. The summed E-state index contributed by atoms with van der Waals surface area (Å²) >= 11 is 0. The van der Waals surface area contributed by atoms with Crippen molar-refractivity contribution in [3.8, 4) is 0 Å². The summed E-state index contributed by atoms with van der Waals surface area (Å²) in [5, 5.41) is 3.59. The fraction of sp³-hybridized carbons (Fsp3) is 0.118. The lowest BCUT2D eigenvalue weighted by Gasteiger charge is -2.07. The van der Waals surface area contributed by atoms with Gasteiger partial charge < -0.3 is 10.3 Å². The number of rotatable bonds is 2. The van der Waals surface area contributed by atoms with Crippen LogP contribution in [0.25, 0.3) is 10.9 Å². The molecule has 0 radical (unpaired) electrons. The van der Waals surface area contributed by atoms with Crippen molar-refractivity contribution in [2.45, 2.75) is 13.8 Å². The van der Waals surface area contributed by atoms with Crippen molar-refractivity contribution < 1.29 is 9.18 Å². The molecule has 1 amide bonds. The van der Waals surface area contributed by atoms with Gasteiger partial charge in [-0.25, -0.2) is 4.39 Å². The van der Waals surface area contributed by atoms with E-state index in [1.54, 1.807) is 12.3 Å². The maximum atomic E-state index is 13.2. The number of nitrogens with one attached hydrogen (secondary N) is 2. The number of aryl methyl sites for hydroxylation is 2. The van der Waals surface area contributed by atoms with Gasteiger partial charge in [0.25, 0.3) is 5.91 Å². The van der Waals surface area contributed by atoms with Gasteiger partial charge in [0.1, 0.15) is 5.82 Å². The third-order valence-corrected chi connectivity index (χ3v) is 3.37. The van der Waals surface area contributed by atoms with E-state index >= 15 is 0 Å². The number of hydrogen-bond donors (Lipinski definition) is 2. The first-order valence-corrected chi connectivity index (χ1v) is 6.69. The summed E-state index contributed by atoms with van der Waals surface area (Å²) in [7, 11) is 0. The molecule has 3 aromatic rings. The zero-order valence-electron chi connectivity index (χ0n) is 11.8. The second-order valence-corrected chi connectivity index (χ2v) is 5.22. The standard InChI is InChI=1S/C17H15FN2O/c1-10-5-11(2)7-13(6-10)20-17(21)15-9-19-16-8-12(18)3-4-14(15)16/h3-9,19H,1-2H3,(H,20,21). The van der Waals surface area contributed by atoms with Gasteiger partial charge in [-0.2, -0.15) is 0 Å². The van der Waals surface area contributed by atoms with Crippen molar-refractivity contribution in [2.75, 3.05) is 5.32 Å². The maximum Gasteiger partial charge on any atom is 0.257 e. The number of fused-ring (bicyclic) bond motifs is 1. The lowest BCUT2D eigenvalue weighted by molar-refractivity contribution is 0.102. The van der Waals surface area contributed by atoms with Crippen LogP contribution in [0.4, 0.5) is 10.1 Å². The number of benzene rings is 2. The van der Waals surface area contributed by atoms with Gasteiger partial charge in [-0.3, -0.25) is 4.79 Å². The Bertz CT molecular complexity index is 816. The van der Waals surface area contributed by atoms with Gasteiger partial charge in [0.05, 0.1) is 5.56 Å². The van der Waals surface area contributed by atoms with E-state index in [4.69, 9.17) is 0 Å². The van der Waals surface area contributed by atoms with Crippen LogP contribution in [-0.4, -0.2) is 10.9 Å². The van der Waals surface area contributed by atoms with Crippen LogP contribution in [0, 0.1) is 19.7 Å². The van der Waals surface area contributed by atoms with E-state index in [1.165, 1.54) is 12.1 Å². The van der Waals surface area contributed by atoms with E-state index in [2.05, 4.69) is 10.3 Å². The second-order valence-electron chi connectivity index (χ2n) is 5.22. The molecular formula is C17H15FN2O. The zero-order valence-corrected chi connectivity index (χ0v) is 11.8. The summed E-state index contributed by atoms with van der Waals surface area (Å²) in [6.07, 6.45) is 1.60. The Morgan fingerprint density at radius 3 is 2.52 bits per heavy atom. The molecule has 3 rings (SSSR count). The molecule has 0 fully saturated rings. The highest BCUT2D eigenvalue weighted by molar-refractivity contribution is 6.12. The fourth-order valence-electron chi connectivity index (χ4n) is 2.53. The van der Waals surface area contributed by atoms with Crippen molar-refractivity contribution in [1.82, 2.24) is 4.98 Å². The van der Waals surface area contributed by atoms with Crippen molar-refractivity contribution in [2.24, 2.45) is 0 Å². The summed E-state index contributed by atoms with van der Waals surface area (Å²) < 4.78 is 13.2. The number of aromatic nitrogens is 1. The molecule has 4 heteroatoms. The average molecular weight is 282 g/mol. The third kappa shape index (κ3) is 2.65. The Balaban J connectivity index is 1.93. The molecule has 0 atom stereocenters. The predicted octanol–water partition coefficient (Wildman–Crippen LogP) is 4.18. The third-order valence-electron chi connectivity index (χ3n) is 3.37. The SMILES string of the molecule is Cc1cc(C)cc(NC(=O)c2c[nH]c3cc(F)ccc23)c1. The largest absolute Gasteiger partial charge is 0.360 e.